The van der Waals surface area contributed by atoms with Crippen LogP contribution in [0.4, 0.5) is 68.2 Å². The van der Waals surface area contributed by atoms with Gasteiger partial charge in [0.05, 0.1) is 101 Å². The summed E-state index contributed by atoms with van der Waals surface area (Å²) in [5, 5.41) is 55.1. The van der Waals surface area contributed by atoms with Crippen LogP contribution in [0.3, 0.4) is 0 Å². The van der Waals surface area contributed by atoms with E-state index in [0.717, 1.165) is 48.7 Å². The molecule has 0 heterocycles. The van der Waals surface area contributed by atoms with Gasteiger partial charge in [-0.25, -0.2) is 0 Å². The third kappa shape index (κ3) is 29.3. The SMILES string of the molecule is CCC(=O)Cl.CCC(=O)N(C)c1cc([N+](=O)[O-])ccc1OC.CCC(=O)N(C)c1cc([N+](=O)[O-])ccc1OC.CCC(=O)Nc1cc([N+](=O)[O-])ccc1OC.CCCN(C)c1cc(N)ccc1OC.CCCN(C)c1cc([N+](=O)[O-])ccc1OC.COc1ccc([N+](=O)[O-])cc1N. The van der Waals surface area contributed by atoms with Crippen molar-refractivity contribution in [3.8, 4) is 34.5 Å². The minimum Gasteiger partial charge on any atom is -0.495 e. The minimum absolute atomic E-state index is 0.0340. The smallest absolute Gasteiger partial charge is 0.271 e. The number of nitro groups is 5. The Morgan fingerprint density at radius 1 is 0.412 bits per heavy atom. The molecule has 530 valence electrons. The molecule has 3 amide bonds. The maximum absolute atomic E-state index is 11.6. The van der Waals surface area contributed by atoms with Crippen molar-refractivity contribution in [2.45, 2.75) is 80.1 Å². The van der Waals surface area contributed by atoms with Crippen LogP contribution in [-0.4, -0.2) is 132 Å². The maximum atomic E-state index is 11.6. The third-order valence-corrected chi connectivity index (χ3v) is 13.3. The summed E-state index contributed by atoms with van der Waals surface area (Å²) >= 11 is 4.82. The first-order valence-corrected chi connectivity index (χ1v) is 29.9. The van der Waals surface area contributed by atoms with Gasteiger partial charge >= 0.3 is 0 Å². The number of nitrogens with two attached hydrogens (primary N) is 2. The Bertz CT molecular complexity index is 3500. The Hall–Kier alpha value is -11.3. The van der Waals surface area contributed by atoms with E-state index in [2.05, 4.69) is 24.1 Å². The van der Waals surface area contributed by atoms with E-state index >= 15 is 0 Å². The lowest BCUT2D eigenvalue weighted by atomic mass is 10.2. The molecule has 6 aromatic carbocycles. The molecule has 0 radical (unpaired) electrons. The van der Waals surface area contributed by atoms with Gasteiger partial charge in [0.1, 0.15) is 34.5 Å². The van der Waals surface area contributed by atoms with Gasteiger partial charge in [0.2, 0.25) is 23.0 Å². The number of nitro benzene ring substituents is 5. The van der Waals surface area contributed by atoms with Gasteiger partial charge in [-0.1, -0.05) is 41.5 Å². The van der Waals surface area contributed by atoms with E-state index in [1.165, 1.54) is 123 Å². The van der Waals surface area contributed by atoms with E-state index in [1.54, 1.807) is 62.1 Å². The minimum atomic E-state index is -0.527. The fourth-order valence-corrected chi connectivity index (χ4v) is 7.84. The monoisotopic (exact) mass is 1380 g/mol. The highest BCUT2D eigenvalue weighted by molar-refractivity contribution is 6.63. The molecule has 0 aliphatic rings. The summed E-state index contributed by atoms with van der Waals surface area (Å²) in [5.74, 6) is 2.73. The number of nitrogens with one attached hydrogen (secondary N) is 1. The van der Waals surface area contributed by atoms with Crippen LogP contribution >= 0.6 is 11.6 Å². The maximum Gasteiger partial charge on any atom is 0.271 e. The van der Waals surface area contributed by atoms with Crippen molar-refractivity contribution >= 4 is 103 Å². The van der Waals surface area contributed by atoms with Crippen LogP contribution in [0.15, 0.2) is 109 Å². The third-order valence-electron chi connectivity index (χ3n) is 13.0. The van der Waals surface area contributed by atoms with Crippen molar-refractivity contribution in [3.63, 3.8) is 0 Å². The summed E-state index contributed by atoms with van der Waals surface area (Å²) in [5.41, 5.74) is 14.9. The number of anilines is 7. The van der Waals surface area contributed by atoms with Crippen molar-refractivity contribution in [2.24, 2.45) is 0 Å². The fourth-order valence-electron chi connectivity index (χ4n) is 7.84. The topological polar surface area (TPSA) is 416 Å². The van der Waals surface area contributed by atoms with E-state index in [0.29, 0.717) is 71.5 Å². The highest BCUT2D eigenvalue weighted by Gasteiger charge is 2.21. The van der Waals surface area contributed by atoms with Crippen LogP contribution in [0.5, 0.6) is 34.5 Å². The van der Waals surface area contributed by atoms with Gasteiger partial charge in [-0.2, -0.15) is 0 Å². The summed E-state index contributed by atoms with van der Waals surface area (Å²) in [6, 6.07) is 26.7. The summed E-state index contributed by atoms with van der Waals surface area (Å²) in [6.45, 7) is 12.9. The number of carbonyl (C=O) groups is 4. The van der Waals surface area contributed by atoms with E-state index in [-0.39, 0.29) is 57.1 Å². The molecular formula is C64H87ClN12O20. The normalized spacial score (nSPS) is 9.66. The van der Waals surface area contributed by atoms with E-state index in [4.69, 9.17) is 51.5 Å². The highest BCUT2D eigenvalue weighted by Crippen LogP contribution is 2.35. The van der Waals surface area contributed by atoms with Gasteiger partial charge in [-0.15, -0.1) is 0 Å². The first kappa shape index (κ1) is 85.7. The average Bonchev–Trinajstić information content (AvgIpc) is 0.863. The molecule has 0 spiro atoms. The second-order valence-electron chi connectivity index (χ2n) is 19.7. The summed E-state index contributed by atoms with van der Waals surface area (Å²) in [7, 11) is 16.1. The Balaban J connectivity index is 0.00000113. The van der Waals surface area contributed by atoms with E-state index in [9.17, 15) is 69.7 Å². The lowest BCUT2D eigenvalue weighted by molar-refractivity contribution is -0.385. The fraction of sp³-hybridized carbons (Fsp3) is 0.375. The van der Waals surface area contributed by atoms with Crippen molar-refractivity contribution in [1.29, 1.82) is 0 Å². The van der Waals surface area contributed by atoms with Crippen molar-refractivity contribution in [3.05, 3.63) is 160 Å². The van der Waals surface area contributed by atoms with Gasteiger partial charge in [-0.3, -0.25) is 69.7 Å². The second kappa shape index (κ2) is 45.1. The summed E-state index contributed by atoms with van der Waals surface area (Å²) in [4.78, 5) is 101. The van der Waals surface area contributed by atoms with Crippen LogP contribution in [-0.2, 0) is 19.2 Å². The van der Waals surface area contributed by atoms with Gasteiger partial charge < -0.3 is 64.8 Å². The number of carbonyl (C=O) groups excluding carboxylic acids is 4. The quantitative estimate of drug-likeness (QED) is 0.0219. The van der Waals surface area contributed by atoms with Gasteiger partial charge in [0, 0.05) is 133 Å². The van der Waals surface area contributed by atoms with Gasteiger partial charge in [0.15, 0.2) is 0 Å². The van der Waals surface area contributed by atoms with Crippen molar-refractivity contribution < 1.29 is 72.2 Å². The molecule has 0 saturated carbocycles. The second-order valence-corrected chi connectivity index (χ2v) is 20.1. The zero-order chi connectivity index (χ0) is 74.2. The number of nitrogen functional groups attached to an aromatic ring is 2. The molecule has 0 aliphatic heterocycles. The lowest BCUT2D eigenvalue weighted by Crippen LogP contribution is -2.25. The molecule has 33 heteroatoms. The Labute approximate surface area is 567 Å². The number of rotatable bonds is 24. The molecule has 5 N–H and O–H groups in total. The molecule has 0 unspecified atom stereocenters. The largest absolute Gasteiger partial charge is 0.495 e. The number of amides is 3. The van der Waals surface area contributed by atoms with E-state index in [1.807, 2.05) is 37.2 Å². The Morgan fingerprint density at radius 2 is 0.701 bits per heavy atom. The van der Waals surface area contributed by atoms with Crippen LogP contribution in [0, 0.1) is 50.6 Å². The standard InChI is InChI=1S/2C11H14N2O4.C11H16N2O3.C11H18N2O.C10H12N2O4.C7H8N2O3.C3H5ClO/c2*1-4-11(14)12(2)9-7-8(13(15)16)5-6-10(9)17-3;1-4-7-12(2)10-8-9(13(14)15)5-6-11(10)16-3;1-4-7-13(2)10-8-9(12)5-6-11(10)14-3;1-3-10(13)11-8-6-7(12(14)15)4-5-9(8)16-2;1-12-7-3-2-5(9(10)11)4-6(7)8;1-2-3(4)5/h2*5-7H,4H2,1-3H3;5-6,8H,4,7H2,1-3H3;5-6,8H,4,7,12H2,1-3H3;4-6H,3H2,1-2H3,(H,11,13);2-4H,8H2,1H3;2H2,1H3. The van der Waals surface area contributed by atoms with Crippen LogP contribution in [0.2, 0.25) is 0 Å². The number of methoxy groups -OCH3 is 6. The number of halogens is 1. The number of ether oxygens (including phenoxy) is 6. The molecule has 0 atom stereocenters. The molecule has 0 bridgehead atoms. The zero-order valence-corrected chi connectivity index (χ0v) is 58.0. The Kier molecular flexibility index (Phi) is 39.8. The predicted molar refractivity (Wildman–Crippen MR) is 375 cm³/mol. The Morgan fingerprint density at radius 3 is 1.00 bits per heavy atom. The molecule has 0 aliphatic carbocycles. The lowest BCUT2D eigenvalue weighted by Gasteiger charge is -2.21. The number of hydrogen-bond acceptors (Lipinski definition) is 24. The number of hydrogen-bond donors (Lipinski definition) is 3. The number of nitrogens with zero attached hydrogens (tertiary/aromatic N) is 9. The summed E-state index contributed by atoms with van der Waals surface area (Å²) < 4.78 is 30.4. The molecule has 6 aromatic rings. The van der Waals surface area contributed by atoms with Crippen molar-refractivity contribution in [2.75, 3.05) is 120 Å². The molecule has 32 nitrogen and oxygen atoms in total. The van der Waals surface area contributed by atoms with Crippen LogP contribution < -0.4 is 64.8 Å². The predicted octanol–water partition coefficient (Wildman–Crippen LogP) is 12.8. The molecule has 6 rings (SSSR count). The molecular weight excluding hydrogens is 1290 g/mol. The van der Waals surface area contributed by atoms with Crippen molar-refractivity contribution in [1.82, 2.24) is 0 Å². The first-order valence-electron chi connectivity index (χ1n) is 29.5. The van der Waals surface area contributed by atoms with Crippen LogP contribution in [0.25, 0.3) is 0 Å². The number of benzene rings is 6. The zero-order valence-electron chi connectivity index (χ0n) is 57.3. The number of non-ortho nitro benzene ring substituents is 5. The molecule has 0 aromatic heterocycles. The molecule has 97 heavy (non-hydrogen) atoms. The van der Waals surface area contributed by atoms with Gasteiger partial charge in [0.25, 0.3) is 28.4 Å². The first-order chi connectivity index (χ1) is 45.8. The molecule has 0 saturated heterocycles. The van der Waals surface area contributed by atoms with E-state index < -0.39 is 24.6 Å². The average molecular weight is 1380 g/mol. The summed E-state index contributed by atoms with van der Waals surface area (Å²) in [6.07, 6.45) is 3.45. The van der Waals surface area contributed by atoms with Gasteiger partial charge in [-0.05, 0) is 73.0 Å². The highest BCUT2D eigenvalue weighted by atomic mass is 35.5. The molecule has 0 fully saturated rings. The van der Waals surface area contributed by atoms with Crippen LogP contribution in [0.1, 0.15) is 80.1 Å².